The second-order valence-corrected chi connectivity index (χ2v) is 7.87. The van der Waals surface area contributed by atoms with Crippen molar-refractivity contribution in [2.24, 2.45) is 0 Å². The largest absolute Gasteiger partial charge is 0.352 e. The summed E-state index contributed by atoms with van der Waals surface area (Å²) in [6, 6.07) is 16.1. The van der Waals surface area contributed by atoms with E-state index in [2.05, 4.69) is 43.2 Å². The number of H-pyrrole nitrogens is 1. The summed E-state index contributed by atoms with van der Waals surface area (Å²) in [5, 5.41) is 8.86. The number of aryl methyl sites for hydroxylation is 1. The van der Waals surface area contributed by atoms with E-state index in [4.69, 9.17) is 0 Å². The van der Waals surface area contributed by atoms with E-state index in [0.29, 0.717) is 0 Å². The van der Waals surface area contributed by atoms with Crippen molar-refractivity contribution in [1.29, 1.82) is 0 Å². The van der Waals surface area contributed by atoms with Gasteiger partial charge in [-0.25, -0.2) is 4.98 Å². The molecule has 0 amide bonds. The molecule has 0 atom stereocenters. The molecule has 1 fully saturated rings. The van der Waals surface area contributed by atoms with Gasteiger partial charge in [0, 0.05) is 38.1 Å². The fourth-order valence-electron chi connectivity index (χ4n) is 4.32. The van der Waals surface area contributed by atoms with Crippen LogP contribution in [0.15, 0.2) is 59.5 Å². The minimum atomic E-state index is -0.0199. The first-order valence-corrected chi connectivity index (χ1v) is 10.6. The van der Waals surface area contributed by atoms with Crippen molar-refractivity contribution in [3.8, 4) is 0 Å². The molecule has 154 valence electrons. The molecule has 2 aromatic heterocycles. The second-order valence-electron chi connectivity index (χ2n) is 7.87. The van der Waals surface area contributed by atoms with Gasteiger partial charge < -0.3 is 9.47 Å². The van der Waals surface area contributed by atoms with Gasteiger partial charge in [0.05, 0.1) is 22.7 Å². The van der Waals surface area contributed by atoms with Gasteiger partial charge in [0.2, 0.25) is 0 Å². The SMILES string of the molecule is O=c1cnc2ccccc2n1CCCCN1CCN(c2n[nH]c3ccccc23)CC1. The van der Waals surface area contributed by atoms with Gasteiger partial charge in [-0.15, -0.1) is 0 Å². The molecule has 7 heteroatoms. The number of benzene rings is 2. The van der Waals surface area contributed by atoms with Crippen LogP contribution in [0.5, 0.6) is 0 Å². The molecule has 5 rings (SSSR count). The smallest absolute Gasteiger partial charge is 0.269 e. The molecule has 1 aliphatic rings. The summed E-state index contributed by atoms with van der Waals surface area (Å²) in [6.45, 7) is 5.86. The maximum Gasteiger partial charge on any atom is 0.269 e. The van der Waals surface area contributed by atoms with Crippen LogP contribution >= 0.6 is 0 Å². The third-order valence-electron chi connectivity index (χ3n) is 5.98. The Bertz CT molecular complexity index is 1210. The fraction of sp³-hybridized carbons (Fsp3) is 0.348. The highest BCUT2D eigenvalue weighted by molar-refractivity contribution is 5.90. The third kappa shape index (κ3) is 3.68. The molecule has 30 heavy (non-hydrogen) atoms. The quantitative estimate of drug-likeness (QED) is 0.502. The highest BCUT2D eigenvalue weighted by Gasteiger charge is 2.20. The first-order valence-electron chi connectivity index (χ1n) is 10.6. The van der Waals surface area contributed by atoms with Crippen LogP contribution in [-0.2, 0) is 6.54 Å². The molecule has 3 heterocycles. The Morgan fingerprint density at radius 2 is 1.67 bits per heavy atom. The summed E-state index contributed by atoms with van der Waals surface area (Å²) in [5.74, 6) is 1.06. The lowest BCUT2D eigenvalue weighted by Crippen LogP contribution is -2.46. The van der Waals surface area contributed by atoms with Crippen LogP contribution in [0, 0.1) is 0 Å². The van der Waals surface area contributed by atoms with Crippen molar-refractivity contribution < 1.29 is 0 Å². The molecular weight excluding hydrogens is 376 g/mol. The van der Waals surface area contributed by atoms with Crippen molar-refractivity contribution in [3.63, 3.8) is 0 Å². The Morgan fingerprint density at radius 3 is 2.57 bits per heavy atom. The number of nitrogens with zero attached hydrogens (tertiary/aromatic N) is 5. The zero-order valence-corrected chi connectivity index (χ0v) is 17.0. The van der Waals surface area contributed by atoms with Crippen LogP contribution in [0.2, 0.25) is 0 Å². The first kappa shape index (κ1) is 18.8. The maximum absolute atomic E-state index is 12.2. The highest BCUT2D eigenvalue weighted by Crippen LogP contribution is 2.24. The fourth-order valence-corrected chi connectivity index (χ4v) is 4.32. The Morgan fingerprint density at radius 1 is 0.900 bits per heavy atom. The van der Waals surface area contributed by atoms with E-state index in [1.54, 1.807) is 0 Å². The van der Waals surface area contributed by atoms with E-state index in [9.17, 15) is 4.79 Å². The maximum atomic E-state index is 12.2. The predicted molar refractivity (Wildman–Crippen MR) is 120 cm³/mol. The molecule has 2 aromatic carbocycles. The van der Waals surface area contributed by atoms with Crippen LogP contribution in [-0.4, -0.2) is 57.4 Å². The van der Waals surface area contributed by atoms with Crippen LogP contribution in [0.1, 0.15) is 12.8 Å². The molecule has 1 aliphatic heterocycles. The number of fused-ring (bicyclic) bond motifs is 2. The summed E-state index contributed by atoms with van der Waals surface area (Å²) < 4.78 is 1.85. The lowest BCUT2D eigenvalue weighted by Gasteiger charge is -2.35. The van der Waals surface area contributed by atoms with Gasteiger partial charge in [-0.2, -0.15) is 5.10 Å². The van der Waals surface area contributed by atoms with Crippen LogP contribution in [0.4, 0.5) is 5.82 Å². The number of unbranched alkanes of at least 4 members (excludes halogenated alkanes) is 1. The number of aromatic nitrogens is 4. The predicted octanol–water partition coefficient (Wildman–Crippen LogP) is 2.88. The minimum Gasteiger partial charge on any atom is -0.352 e. The number of nitrogens with one attached hydrogen (secondary N) is 1. The zero-order valence-electron chi connectivity index (χ0n) is 17.0. The minimum absolute atomic E-state index is 0.0199. The van der Waals surface area contributed by atoms with Crippen molar-refractivity contribution in [1.82, 2.24) is 24.6 Å². The van der Waals surface area contributed by atoms with Crippen LogP contribution in [0.25, 0.3) is 21.9 Å². The Hall–Kier alpha value is -3.19. The summed E-state index contributed by atoms with van der Waals surface area (Å²) in [6.07, 6.45) is 3.49. The molecule has 0 unspecified atom stereocenters. The molecule has 0 spiro atoms. The molecular formula is C23H26N6O. The topological polar surface area (TPSA) is 70.1 Å². The number of piperazine rings is 1. The number of aromatic amines is 1. The molecule has 4 aromatic rings. The van der Waals surface area contributed by atoms with Gasteiger partial charge in [-0.3, -0.25) is 14.8 Å². The van der Waals surface area contributed by atoms with Gasteiger partial charge >= 0.3 is 0 Å². The van der Waals surface area contributed by atoms with Gasteiger partial charge in [0.15, 0.2) is 5.82 Å². The van der Waals surface area contributed by atoms with Gasteiger partial charge in [0.25, 0.3) is 5.56 Å². The van der Waals surface area contributed by atoms with E-state index >= 15 is 0 Å². The molecule has 0 saturated carbocycles. The number of hydrogen-bond donors (Lipinski definition) is 1. The molecule has 0 aliphatic carbocycles. The van der Waals surface area contributed by atoms with Gasteiger partial charge in [0.1, 0.15) is 0 Å². The summed E-state index contributed by atoms with van der Waals surface area (Å²) in [7, 11) is 0. The van der Waals surface area contributed by atoms with Crippen molar-refractivity contribution in [3.05, 3.63) is 65.1 Å². The molecule has 1 N–H and O–H groups in total. The van der Waals surface area contributed by atoms with Crippen LogP contribution < -0.4 is 10.5 Å². The normalized spacial score (nSPS) is 15.3. The van der Waals surface area contributed by atoms with Crippen molar-refractivity contribution in [2.45, 2.75) is 19.4 Å². The average molecular weight is 403 g/mol. The Labute approximate surface area is 174 Å². The lowest BCUT2D eigenvalue weighted by molar-refractivity contribution is 0.251. The van der Waals surface area contributed by atoms with E-state index in [0.717, 1.165) is 74.5 Å². The average Bonchev–Trinajstić information content (AvgIpc) is 3.22. The monoisotopic (exact) mass is 402 g/mol. The van der Waals surface area contributed by atoms with E-state index in [1.807, 2.05) is 34.9 Å². The molecule has 0 bridgehead atoms. The van der Waals surface area contributed by atoms with Gasteiger partial charge in [-0.1, -0.05) is 24.3 Å². The summed E-state index contributed by atoms with van der Waals surface area (Å²) >= 11 is 0. The zero-order chi connectivity index (χ0) is 20.3. The Kier molecular flexibility index (Phi) is 5.19. The summed E-state index contributed by atoms with van der Waals surface area (Å²) in [4.78, 5) is 21.4. The molecule has 0 radical (unpaired) electrons. The Balaban J connectivity index is 1.13. The van der Waals surface area contributed by atoms with E-state index < -0.39 is 0 Å². The lowest BCUT2D eigenvalue weighted by atomic mass is 10.2. The number of para-hydroxylation sites is 3. The second kappa shape index (κ2) is 8.28. The highest BCUT2D eigenvalue weighted by atomic mass is 16.1. The number of hydrogen-bond acceptors (Lipinski definition) is 5. The van der Waals surface area contributed by atoms with Gasteiger partial charge in [-0.05, 0) is 43.7 Å². The third-order valence-corrected chi connectivity index (χ3v) is 5.98. The van der Waals surface area contributed by atoms with E-state index in [-0.39, 0.29) is 5.56 Å². The van der Waals surface area contributed by atoms with E-state index in [1.165, 1.54) is 11.6 Å². The van der Waals surface area contributed by atoms with Crippen molar-refractivity contribution in [2.75, 3.05) is 37.6 Å². The molecule has 1 saturated heterocycles. The summed E-state index contributed by atoms with van der Waals surface area (Å²) in [5.41, 5.74) is 2.87. The molecule has 7 nitrogen and oxygen atoms in total. The standard InChI is InChI=1S/C23H26N6O/c30-22-17-24-20-9-3-4-10-21(20)29(22)12-6-5-11-27-13-15-28(16-14-27)23-18-7-1-2-8-19(18)25-26-23/h1-4,7-10,17H,5-6,11-16H2,(H,25,26). The number of rotatable bonds is 6. The van der Waals surface area contributed by atoms with Crippen LogP contribution in [0.3, 0.4) is 0 Å². The number of anilines is 1. The van der Waals surface area contributed by atoms with Crippen molar-refractivity contribution >= 4 is 27.8 Å². The first-order chi connectivity index (χ1) is 14.8.